The molecule has 2 rings (SSSR count). The molecule has 0 aromatic carbocycles. The van der Waals surface area contributed by atoms with Gasteiger partial charge in [-0.15, -0.1) is 12.4 Å². The van der Waals surface area contributed by atoms with E-state index in [1.165, 1.54) is 0 Å². The van der Waals surface area contributed by atoms with Crippen LogP contribution in [0.1, 0.15) is 32.1 Å². The summed E-state index contributed by atoms with van der Waals surface area (Å²) in [6.07, 6.45) is 5.32. The summed E-state index contributed by atoms with van der Waals surface area (Å²) in [6.45, 7) is 3.68. The van der Waals surface area contributed by atoms with Crippen LogP contribution in [0.2, 0.25) is 0 Å². The van der Waals surface area contributed by atoms with Crippen LogP contribution >= 0.6 is 12.4 Å². The third-order valence-electron chi connectivity index (χ3n) is 3.96. The van der Waals surface area contributed by atoms with E-state index in [2.05, 4.69) is 5.32 Å². The van der Waals surface area contributed by atoms with Crippen molar-refractivity contribution < 1.29 is 8.42 Å². The van der Waals surface area contributed by atoms with Crippen LogP contribution in [0.15, 0.2) is 0 Å². The summed E-state index contributed by atoms with van der Waals surface area (Å²) in [4.78, 5) is 0. The Balaban J connectivity index is 0.00000180. The van der Waals surface area contributed by atoms with Crippen molar-refractivity contribution in [3.05, 3.63) is 0 Å². The van der Waals surface area contributed by atoms with Crippen LogP contribution in [0, 0.1) is 5.92 Å². The molecule has 0 bridgehead atoms. The lowest BCUT2D eigenvalue weighted by Crippen LogP contribution is -2.43. The Labute approximate surface area is 123 Å². The molecule has 114 valence electrons. The number of halogens is 1. The lowest BCUT2D eigenvalue weighted by Gasteiger charge is -2.26. The molecule has 5 nitrogen and oxygen atoms in total. The highest BCUT2D eigenvalue weighted by atomic mass is 35.5. The fraction of sp³-hybridized carbons (Fsp3) is 1.00. The van der Waals surface area contributed by atoms with Crippen LogP contribution in [-0.4, -0.2) is 56.8 Å². The van der Waals surface area contributed by atoms with E-state index in [9.17, 15) is 8.42 Å². The molecular formula is C12H26ClN3O2S. The second-order valence-electron chi connectivity index (χ2n) is 5.39. The molecule has 1 unspecified atom stereocenters. The molecular weight excluding hydrogens is 286 g/mol. The van der Waals surface area contributed by atoms with Crippen molar-refractivity contribution in [2.24, 2.45) is 5.92 Å². The van der Waals surface area contributed by atoms with Crippen LogP contribution in [0.25, 0.3) is 0 Å². The van der Waals surface area contributed by atoms with E-state index in [1.54, 1.807) is 8.61 Å². The smallest absolute Gasteiger partial charge is 0.281 e. The zero-order valence-corrected chi connectivity index (χ0v) is 13.3. The van der Waals surface area contributed by atoms with Gasteiger partial charge in [-0.3, -0.25) is 0 Å². The van der Waals surface area contributed by atoms with Gasteiger partial charge in [0.05, 0.1) is 0 Å². The summed E-state index contributed by atoms with van der Waals surface area (Å²) < 4.78 is 28.4. The van der Waals surface area contributed by atoms with Gasteiger partial charge in [-0.25, -0.2) is 0 Å². The highest BCUT2D eigenvalue weighted by Gasteiger charge is 2.35. The lowest BCUT2D eigenvalue weighted by atomic mass is 10.1. The third kappa shape index (κ3) is 4.29. The van der Waals surface area contributed by atoms with Gasteiger partial charge in [0.15, 0.2) is 0 Å². The molecule has 0 aliphatic carbocycles. The van der Waals surface area contributed by atoms with Crippen molar-refractivity contribution in [2.75, 3.05) is 39.8 Å². The molecule has 2 saturated heterocycles. The van der Waals surface area contributed by atoms with Crippen LogP contribution in [0.5, 0.6) is 0 Å². The van der Waals surface area contributed by atoms with Crippen molar-refractivity contribution in [3.8, 4) is 0 Å². The molecule has 1 N–H and O–H groups in total. The third-order valence-corrected chi connectivity index (χ3v) is 5.96. The van der Waals surface area contributed by atoms with Crippen LogP contribution in [0.3, 0.4) is 0 Å². The van der Waals surface area contributed by atoms with E-state index in [-0.39, 0.29) is 12.4 Å². The highest BCUT2D eigenvalue weighted by Crippen LogP contribution is 2.23. The average Bonchev–Trinajstić information content (AvgIpc) is 2.65. The highest BCUT2D eigenvalue weighted by molar-refractivity contribution is 7.86. The summed E-state index contributed by atoms with van der Waals surface area (Å²) in [5.74, 6) is 0.469. The molecule has 2 heterocycles. The lowest BCUT2D eigenvalue weighted by molar-refractivity contribution is 0.361. The van der Waals surface area contributed by atoms with Gasteiger partial charge in [0.1, 0.15) is 0 Å². The Kier molecular flexibility index (Phi) is 7.04. The molecule has 0 aromatic heterocycles. The van der Waals surface area contributed by atoms with E-state index >= 15 is 0 Å². The van der Waals surface area contributed by atoms with Crippen LogP contribution in [-0.2, 0) is 10.2 Å². The Morgan fingerprint density at radius 1 is 1.05 bits per heavy atom. The molecule has 0 spiro atoms. The first-order valence-electron chi connectivity index (χ1n) is 7.04. The van der Waals surface area contributed by atoms with Crippen LogP contribution < -0.4 is 5.32 Å². The molecule has 19 heavy (non-hydrogen) atoms. The zero-order valence-electron chi connectivity index (χ0n) is 11.7. The number of hydrogen-bond donors (Lipinski definition) is 1. The summed E-state index contributed by atoms with van der Waals surface area (Å²) in [5, 5.41) is 3.14. The predicted octanol–water partition coefficient (Wildman–Crippen LogP) is 1.07. The van der Waals surface area contributed by atoms with Gasteiger partial charge in [0.2, 0.25) is 0 Å². The fourth-order valence-corrected chi connectivity index (χ4v) is 4.68. The molecule has 7 heteroatoms. The minimum absolute atomic E-state index is 0. The monoisotopic (exact) mass is 311 g/mol. The maximum Gasteiger partial charge on any atom is 0.281 e. The largest absolute Gasteiger partial charge is 0.319 e. The molecule has 1 atom stereocenters. The van der Waals surface area contributed by atoms with Gasteiger partial charge in [-0.05, 0) is 38.8 Å². The molecule has 0 radical (unpaired) electrons. The van der Waals surface area contributed by atoms with Gasteiger partial charge in [-0.1, -0.05) is 12.8 Å². The molecule has 2 aliphatic rings. The first-order valence-corrected chi connectivity index (χ1v) is 8.44. The molecule has 2 fully saturated rings. The van der Waals surface area contributed by atoms with Gasteiger partial charge < -0.3 is 5.32 Å². The van der Waals surface area contributed by atoms with E-state index in [0.29, 0.717) is 32.1 Å². The number of nitrogens with one attached hydrogen (secondary N) is 1. The first kappa shape index (κ1) is 17.2. The van der Waals surface area contributed by atoms with Crippen molar-refractivity contribution in [1.82, 2.24) is 13.9 Å². The summed E-state index contributed by atoms with van der Waals surface area (Å²) in [7, 11) is -1.27. The second kappa shape index (κ2) is 7.78. The Hall–Kier alpha value is 0.120. The summed E-state index contributed by atoms with van der Waals surface area (Å²) in [5.41, 5.74) is 0. The van der Waals surface area contributed by atoms with Crippen molar-refractivity contribution in [3.63, 3.8) is 0 Å². The maximum atomic E-state index is 12.5. The minimum Gasteiger partial charge on any atom is -0.319 e. The number of hydrogen-bond acceptors (Lipinski definition) is 3. The van der Waals surface area contributed by atoms with Crippen LogP contribution in [0.4, 0.5) is 0 Å². The molecule has 2 aliphatic heterocycles. The Morgan fingerprint density at radius 2 is 1.68 bits per heavy atom. The number of rotatable bonds is 4. The summed E-state index contributed by atoms with van der Waals surface area (Å²) in [6, 6.07) is 0. The minimum atomic E-state index is -3.20. The van der Waals surface area contributed by atoms with Crippen molar-refractivity contribution in [2.45, 2.75) is 32.1 Å². The van der Waals surface area contributed by atoms with Gasteiger partial charge in [0.25, 0.3) is 10.2 Å². The van der Waals surface area contributed by atoms with Gasteiger partial charge in [0, 0.05) is 26.2 Å². The molecule has 0 amide bonds. The Bertz CT molecular complexity index is 356. The second-order valence-corrected chi connectivity index (χ2v) is 7.32. The van der Waals surface area contributed by atoms with Gasteiger partial charge >= 0.3 is 0 Å². The van der Waals surface area contributed by atoms with E-state index in [0.717, 1.165) is 38.6 Å². The summed E-state index contributed by atoms with van der Waals surface area (Å²) >= 11 is 0. The predicted molar refractivity (Wildman–Crippen MR) is 79.8 cm³/mol. The Morgan fingerprint density at radius 3 is 2.26 bits per heavy atom. The van der Waals surface area contributed by atoms with Crippen molar-refractivity contribution >= 4 is 22.6 Å². The van der Waals surface area contributed by atoms with Gasteiger partial charge in [-0.2, -0.15) is 17.0 Å². The maximum absolute atomic E-state index is 12.5. The fourth-order valence-electron chi connectivity index (χ4n) is 2.90. The van der Waals surface area contributed by atoms with E-state index in [4.69, 9.17) is 0 Å². The molecule has 0 saturated carbocycles. The average molecular weight is 312 g/mol. The van der Waals surface area contributed by atoms with E-state index in [1.807, 2.05) is 7.05 Å². The SMILES string of the molecule is CNCC1CCN(S(=O)(=O)N2CCCCCC2)C1.Cl. The van der Waals surface area contributed by atoms with Crippen molar-refractivity contribution in [1.29, 1.82) is 0 Å². The first-order chi connectivity index (χ1) is 8.64. The standard InChI is InChI=1S/C12H25N3O2S.ClH/c1-13-10-12-6-9-15(11-12)18(16,17)14-7-4-2-3-5-8-14;/h12-13H,2-11H2,1H3;1H. The normalized spacial score (nSPS) is 26.9. The number of nitrogens with zero attached hydrogens (tertiary/aromatic N) is 2. The van der Waals surface area contributed by atoms with E-state index < -0.39 is 10.2 Å². The molecule has 0 aromatic rings. The zero-order chi connectivity index (χ0) is 13.0. The quantitative estimate of drug-likeness (QED) is 0.845. The topological polar surface area (TPSA) is 52.7 Å².